The maximum Gasteiger partial charge on any atom is 0.277 e. The molecule has 0 heterocycles. The van der Waals surface area contributed by atoms with Crippen LogP contribution in [-0.4, -0.2) is 4.92 Å². The average molecular weight is 271 g/mol. The van der Waals surface area contributed by atoms with Gasteiger partial charge >= 0.3 is 0 Å². The number of aryl methyl sites for hydroxylation is 1. The van der Waals surface area contributed by atoms with Crippen molar-refractivity contribution in [2.45, 2.75) is 45.4 Å². The predicted octanol–water partition coefficient (Wildman–Crippen LogP) is 3.51. The van der Waals surface area contributed by atoms with Crippen molar-refractivity contribution in [3.05, 3.63) is 38.9 Å². The van der Waals surface area contributed by atoms with Crippen LogP contribution in [0.15, 0.2) is 12.1 Å². The molecule has 104 valence electrons. The highest BCUT2D eigenvalue weighted by molar-refractivity contribution is 5.56. The van der Waals surface area contributed by atoms with Crippen LogP contribution in [0.4, 0.5) is 5.69 Å². The van der Waals surface area contributed by atoms with Crippen LogP contribution in [0.3, 0.4) is 0 Å². The molecular formula is C15H17N3O2. The Balaban J connectivity index is 3.76. The molecular weight excluding hydrogens is 254 g/mol. The lowest BCUT2D eigenvalue weighted by Crippen LogP contribution is -2.21. The Hall–Kier alpha value is -2.40. The molecule has 0 aliphatic rings. The summed E-state index contributed by atoms with van der Waals surface area (Å²) in [6.07, 6.45) is 0. The van der Waals surface area contributed by atoms with E-state index in [1.165, 1.54) is 0 Å². The van der Waals surface area contributed by atoms with Crippen molar-refractivity contribution in [2.75, 3.05) is 0 Å². The van der Waals surface area contributed by atoms with E-state index in [2.05, 4.69) is 12.1 Å². The number of benzene rings is 1. The lowest BCUT2D eigenvalue weighted by Gasteiger charge is -2.22. The lowest BCUT2D eigenvalue weighted by molar-refractivity contribution is -0.386. The van der Waals surface area contributed by atoms with Gasteiger partial charge in [0.1, 0.15) is 0 Å². The second-order valence-corrected chi connectivity index (χ2v) is 5.92. The highest BCUT2D eigenvalue weighted by Crippen LogP contribution is 2.37. The van der Waals surface area contributed by atoms with E-state index in [0.717, 1.165) is 0 Å². The quantitative estimate of drug-likeness (QED) is 0.621. The molecule has 0 radical (unpaired) electrons. The number of hydrogen-bond donors (Lipinski definition) is 0. The summed E-state index contributed by atoms with van der Waals surface area (Å²) in [6.45, 7) is 8.40. The molecule has 0 spiro atoms. The van der Waals surface area contributed by atoms with Gasteiger partial charge in [0, 0.05) is 5.56 Å². The Bertz CT molecular complexity index is 646. The fraction of sp³-hybridized carbons (Fsp3) is 0.467. The Kier molecular flexibility index (Phi) is 3.87. The van der Waals surface area contributed by atoms with E-state index < -0.39 is 15.8 Å². The highest BCUT2D eigenvalue weighted by atomic mass is 16.6. The minimum Gasteiger partial charge on any atom is -0.258 e. The van der Waals surface area contributed by atoms with Gasteiger partial charge in [-0.2, -0.15) is 10.5 Å². The van der Waals surface area contributed by atoms with Crippen LogP contribution in [0, 0.1) is 39.7 Å². The SMILES string of the molecule is Cc1cc(C(C)(C)C#N)cc(C(C)(C)C#N)c1[N+](=O)[O-]. The first-order valence-electron chi connectivity index (χ1n) is 6.19. The minimum absolute atomic E-state index is 0.0472. The third kappa shape index (κ3) is 2.62. The molecule has 0 bridgehead atoms. The molecule has 1 aromatic rings. The molecule has 0 atom stereocenters. The van der Waals surface area contributed by atoms with E-state index in [1.807, 2.05) is 0 Å². The Morgan fingerprint density at radius 2 is 1.60 bits per heavy atom. The maximum absolute atomic E-state index is 11.3. The zero-order chi connectivity index (χ0) is 15.7. The highest BCUT2D eigenvalue weighted by Gasteiger charge is 2.33. The van der Waals surface area contributed by atoms with Gasteiger partial charge in [0.15, 0.2) is 0 Å². The summed E-state index contributed by atoms with van der Waals surface area (Å²) in [4.78, 5) is 10.8. The molecule has 1 rings (SSSR count). The van der Waals surface area contributed by atoms with Gasteiger partial charge in [0.25, 0.3) is 5.69 Å². The summed E-state index contributed by atoms with van der Waals surface area (Å²) >= 11 is 0. The van der Waals surface area contributed by atoms with E-state index in [1.54, 1.807) is 46.8 Å². The zero-order valence-electron chi connectivity index (χ0n) is 12.3. The first kappa shape index (κ1) is 15.7. The fourth-order valence-electron chi connectivity index (χ4n) is 1.98. The summed E-state index contributed by atoms with van der Waals surface area (Å²) in [5, 5.41) is 29.7. The Labute approximate surface area is 118 Å². The van der Waals surface area contributed by atoms with E-state index in [4.69, 9.17) is 0 Å². The maximum atomic E-state index is 11.3. The first-order valence-corrected chi connectivity index (χ1v) is 6.19. The fourth-order valence-corrected chi connectivity index (χ4v) is 1.98. The van der Waals surface area contributed by atoms with Crippen molar-refractivity contribution in [3.8, 4) is 12.1 Å². The zero-order valence-corrected chi connectivity index (χ0v) is 12.3. The largest absolute Gasteiger partial charge is 0.277 e. The molecule has 20 heavy (non-hydrogen) atoms. The van der Waals surface area contributed by atoms with Crippen LogP contribution in [0.25, 0.3) is 0 Å². The van der Waals surface area contributed by atoms with Crippen LogP contribution in [-0.2, 0) is 10.8 Å². The number of rotatable bonds is 3. The molecule has 0 fully saturated rings. The second kappa shape index (κ2) is 4.94. The summed E-state index contributed by atoms with van der Waals surface area (Å²) in [6, 6.07) is 7.53. The van der Waals surface area contributed by atoms with Crippen molar-refractivity contribution in [1.29, 1.82) is 10.5 Å². The van der Waals surface area contributed by atoms with E-state index in [-0.39, 0.29) is 5.69 Å². The molecule has 0 aliphatic heterocycles. The van der Waals surface area contributed by atoms with E-state index in [9.17, 15) is 20.6 Å². The molecule has 0 saturated carbocycles. The number of nitrogens with zero attached hydrogens (tertiary/aromatic N) is 3. The Morgan fingerprint density at radius 3 is 2.00 bits per heavy atom. The summed E-state index contributed by atoms with van der Waals surface area (Å²) in [5.41, 5.74) is -0.303. The van der Waals surface area contributed by atoms with Crippen molar-refractivity contribution in [1.82, 2.24) is 0 Å². The number of nitriles is 2. The van der Waals surface area contributed by atoms with Crippen LogP contribution in [0.2, 0.25) is 0 Å². The van der Waals surface area contributed by atoms with Gasteiger partial charge in [-0.25, -0.2) is 0 Å². The molecule has 0 amide bonds. The summed E-state index contributed by atoms with van der Waals surface area (Å²) in [5.74, 6) is 0. The van der Waals surface area contributed by atoms with E-state index >= 15 is 0 Å². The van der Waals surface area contributed by atoms with Crippen LogP contribution < -0.4 is 0 Å². The van der Waals surface area contributed by atoms with Gasteiger partial charge in [-0.1, -0.05) is 0 Å². The van der Waals surface area contributed by atoms with Gasteiger partial charge in [0.2, 0.25) is 0 Å². The third-order valence-corrected chi connectivity index (χ3v) is 3.44. The van der Waals surface area contributed by atoms with Gasteiger partial charge in [-0.3, -0.25) is 10.1 Å². The number of nitro benzene ring substituents is 1. The molecule has 0 unspecified atom stereocenters. The topological polar surface area (TPSA) is 90.7 Å². The number of hydrogen-bond acceptors (Lipinski definition) is 4. The molecule has 0 aromatic heterocycles. The van der Waals surface area contributed by atoms with Crippen molar-refractivity contribution in [2.24, 2.45) is 0 Å². The molecule has 0 aliphatic carbocycles. The van der Waals surface area contributed by atoms with Crippen molar-refractivity contribution < 1.29 is 4.92 Å². The average Bonchev–Trinajstić information content (AvgIpc) is 2.37. The third-order valence-electron chi connectivity index (χ3n) is 3.44. The van der Waals surface area contributed by atoms with Gasteiger partial charge < -0.3 is 0 Å². The lowest BCUT2D eigenvalue weighted by atomic mass is 9.78. The first-order chi connectivity index (χ1) is 9.06. The normalized spacial score (nSPS) is 11.6. The van der Waals surface area contributed by atoms with Crippen molar-refractivity contribution in [3.63, 3.8) is 0 Å². The van der Waals surface area contributed by atoms with Gasteiger partial charge in [0.05, 0.1) is 33.5 Å². The summed E-state index contributed by atoms with van der Waals surface area (Å²) in [7, 11) is 0. The van der Waals surface area contributed by atoms with E-state index in [0.29, 0.717) is 16.7 Å². The second-order valence-electron chi connectivity index (χ2n) is 5.92. The molecule has 0 saturated heterocycles. The van der Waals surface area contributed by atoms with Gasteiger partial charge in [-0.15, -0.1) is 0 Å². The smallest absolute Gasteiger partial charge is 0.258 e. The van der Waals surface area contributed by atoms with Crippen LogP contribution >= 0.6 is 0 Å². The standard InChI is InChI=1S/C15H17N3O2/c1-10-6-11(14(2,3)8-16)7-12(13(10)18(19)20)15(4,5)9-17/h6-7H,1-5H3. The van der Waals surface area contributed by atoms with Gasteiger partial charge in [-0.05, 0) is 52.3 Å². The summed E-state index contributed by atoms with van der Waals surface area (Å²) < 4.78 is 0. The van der Waals surface area contributed by atoms with Crippen molar-refractivity contribution >= 4 is 5.69 Å². The molecule has 5 nitrogen and oxygen atoms in total. The Morgan fingerprint density at radius 1 is 1.10 bits per heavy atom. The monoisotopic (exact) mass is 271 g/mol. The molecule has 0 N–H and O–H groups in total. The van der Waals surface area contributed by atoms with Crippen LogP contribution in [0.1, 0.15) is 44.4 Å². The predicted molar refractivity (Wildman–Crippen MR) is 75.1 cm³/mol. The molecule has 5 heteroatoms. The van der Waals surface area contributed by atoms with Crippen LogP contribution in [0.5, 0.6) is 0 Å². The number of nitro groups is 1. The molecule has 1 aromatic carbocycles. The minimum atomic E-state index is -0.991.